The van der Waals surface area contributed by atoms with E-state index in [2.05, 4.69) is 5.10 Å². The molecule has 1 aromatic heterocycles. The number of aliphatic hydroxyl groups is 1. The molecular weight excluding hydrogens is 200 g/mol. The van der Waals surface area contributed by atoms with Crippen molar-refractivity contribution in [3.63, 3.8) is 0 Å². The van der Waals surface area contributed by atoms with E-state index >= 15 is 0 Å². The number of anilines is 1. The summed E-state index contributed by atoms with van der Waals surface area (Å²) in [7, 11) is 0. The lowest BCUT2D eigenvalue weighted by Crippen LogP contribution is -2.05. The molecule has 84 valence electrons. The van der Waals surface area contributed by atoms with Gasteiger partial charge in [0.2, 0.25) is 5.82 Å². The molecule has 0 aliphatic rings. The van der Waals surface area contributed by atoms with Crippen LogP contribution in [0.3, 0.4) is 0 Å². The third-order valence-corrected chi connectivity index (χ3v) is 2.08. The number of hydrogen-bond acceptors (Lipinski definition) is 5. The summed E-state index contributed by atoms with van der Waals surface area (Å²) in [4.78, 5) is 9.90. The van der Waals surface area contributed by atoms with Crippen LogP contribution < -0.4 is 5.73 Å². The molecule has 0 radical (unpaired) electrons. The molecule has 0 spiro atoms. The summed E-state index contributed by atoms with van der Waals surface area (Å²) in [5.74, 6) is 0.0870. The monoisotopic (exact) mass is 214 g/mol. The van der Waals surface area contributed by atoms with Crippen LogP contribution in [-0.4, -0.2) is 26.4 Å². The minimum Gasteiger partial charge on any atom is -0.396 e. The normalized spacial score (nSPS) is 10.5. The summed E-state index contributed by atoms with van der Waals surface area (Å²) >= 11 is 0. The van der Waals surface area contributed by atoms with Crippen molar-refractivity contribution in [1.29, 1.82) is 0 Å². The van der Waals surface area contributed by atoms with Gasteiger partial charge in [-0.1, -0.05) is 0 Å². The second-order valence-electron chi connectivity index (χ2n) is 3.18. The predicted molar refractivity (Wildman–Crippen MR) is 54.2 cm³/mol. The summed E-state index contributed by atoms with van der Waals surface area (Å²) in [5, 5.41) is 22.8. The van der Waals surface area contributed by atoms with E-state index in [0.29, 0.717) is 6.54 Å². The molecule has 0 bridgehead atoms. The number of nitrogens with zero attached hydrogens (tertiary/aromatic N) is 3. The summed E-state index contributed by atoms with van der Waals surface area (Å²) < 4.78 is 1.41. The van der Waals surface area contributed by atoms with Crippen LogP contribution in [0.15, 0.2) is 6.20 Å². The lowest BCUT2D eigenvalue weighted by Gasteiger charge is -2.02. The van der Waals surface area contributed by atoms with Crippen molar-refractivity contribution >= 4 is 11.5 Å². The van der Waals surface area contributed by atoms with E-state index in [9.17, 15) is 10.1 Å². The quantitative estimate of drug-likeness (QED) is 0.408. The molecule has 0 saturated carbocycles. The van der Waals surface area contributed by atoms with E-state index in [1.54, 1.807) is 0 Å². The fourth-order valence-electron chi connectivity index (χ4n) is 1.25. The Hall–Kier alpha value is -1.63. The minimum absolute atomic E-state index is 0.0870. The van der Waals surface area contributed by atoms with Crippen molar-refractivity contribution in [2.24, 2.45) is 0 Å². The smallest absolute Gasteiger partial charge is 0.330 e. The molecule has 7 heteroatoms. The molecule has 3 N–H and O–H groups in total. The summed E-state index contributed by atoms with van der Waals surface area (Å²) in [5.41, 5.74) is 5.37. The number of aryl methyl sites for hydroxylation is 1. The van der Waals surface area contributed by atoms with Gasteiger partial charge in [0, 0.05) is 13.2 Å². The van der Waals surface area contributed by atoms with Crippen molar-refractivity contribution in [2.75, 3.05) is 12.3 Å². The van der Waals surface area contributed by atoms with E-state index in [0.717, 1.165) is 25.5 Å². The van der Waals surface area contributed by atoms with Gasteiger partial charge in [0.15, 0.2) is 0 Å². The maximum atomic E-state index is 10.5. The first kappa shape index (κ1) is 11.4. The van der Waals surface area contributed by atoms with Crippen LogP contribution in [0.5, 0.6) is 0 Å². The van der Waals surface area contributed by atoms with E-state index in [-0.39, 0.29) is 18.1 Å². The molecule has 1 rings (SSSR count). The van der Waals surface area contributed by atoms with Gasteiger partial charge in [0.25, 0.3) is 0 Å². The molecule has 0 aliphatic carbocycles. The van der Waals surface area contributed by atoms with E-state index in [1.807, 2.05) is 0 Å². The largest absolute Gasteiger partial charge is 0.396 e. The van der Waals surface area contributed by atoms with Crippen molar-refractivity contribution in [3.8, 4) is 0 Å². The number of hydrogen-bond donors (Lipinski definition) is 2. The Morgan fingerprint density at radius 1 is 1.53 bits per heavy atom. The number of rotatable bonds is 6. The second kappa shape index (κ2) is 5.30. The van der Waals surface area contributed by atoms with Gasteiger partial charge in [0.05, 0.1) is 4.92 Å². The van der Waals surface area contributed by atoms with Crippen LogP contribution in [0.4, 0.5) is 11.5 Å². The van der Waals surface area contributed by atoms with Crippen molar-refractivity contribution in [2.45, 2.75) is 25.8 Å². The van der Waals surface area contributed by atoms with Crippen LogP contribution in [0.2, 0.25) is 0 Å². The average Bonchev–Trinajstić information content (AvgIpc) is 2.55. The number of aliphatic hydroxyl groups excluding tert-OH is 1. The third kappa shape index (κ3) is 2.91. The molecule has 0 amide bonds. The molecular formula is C8H14N4O3. The van der Waals surface area contributed by atoms with Crippen LogP contribution in [0.25, 0.3) is 0 Å². The molecule has 7 nitrogen and oxygen atoms in total. The fraction of sp³-hybridized carbons (Fsp3) is 0.625. The van der Waals surface area contributed by atoms with Crippen molar-refractivity contribution < 1.29 is 10.0 Å². The Labute approximate surface area is 86.7 Å². The third-order valence-electron chi connectivity index (χ3n) is 2.08. The Morgan fingerprint density at radius 2 is 2.27 bits per heavy atom. The first-order chi connectivity index (χ1) is 7.16. The van der Waals surface area contributed by atoms with Gasteiger partial charge in [-0.15, -0.1) is 0 Å². The van der Waals surface area contributed by atoms with Gasteiger partial charge in [-0.3, -0.25) is 10.1 Å². The van der Waals surface area contributed by atoms with E-state index in [1.165, 1.54) is 4.68 Å². The Bertz CT molecular complexity index is 337. The molecule has 1 aromatic rings. The lowest BCUT2D eigenvalue weighted by molar-refractivity contribution is -0.384. The molecule has 0 aliphatic heterocycles. The molecule has 1 heterocycles. The Morgan fingerprint density at radius 3 is 2.80 bits per heavy atom. The number of unbranched alkanes of at least 4 members (excludes halogenated alkanes) is 2. The maximum absolute atomic E-state index is 10.5. The van der Waals surface area contributed by atoms with Crippen LogP contribution in [0.1, 0.15) is 19.3 Å². The summed E-state index contributed by atoms with van der Waals surface area (Å²) in [6.45, 7) is 0.703. The molecule has 15 heavy (non-hydrogen) atoms. The van der Waals surface area contributed by atoms with Gasteiger partial charge < -0.3 is 10.8 Å². The highest BCUT2D eigenvalue weighted by Crippen LogP contribution is 2.19. The molecule has 0 atom stereocenters. The van der Waals surface area contributed by atoms with E-state index < -0.39 is 4.92 Å². The second-order valence-corrected chi connectivity index (χ2v) is 3.18. The molecule has 0 unspecified atom stereocenters. The summed E-state index contributed by atoms with van der Waals surface area (Å²) in [6.07, 6.45) is 3.53. The highest BCUT2D eigenvalue weighted by molar-refractivity contribution is 5.51. The fourth-order valence-corrected chi connectivity index (χ4v) is 1.25. The van der Waals surface area contributed by atoms with Gasteiger partial charge >= 0.3 is 5.69 Å². The topological polar surface area (TPSA) is 107 Å². The van der Waals surface area contributed by atoms with Gasteiger partial charge in [-0.05, 0) is 19.3 Å². The summed E-state index contributed by atoms with van der Waals surface area (Å²) in [6, 6.07) is 0. The molecule has 0 aromatic carbocycles. The van der Waals surface area contributed by atoms with Crippen LogP contribution >= 0.6 is 0 Å². The average molecular weight is 214 g/mol. The first-order valence-electron chi connectivity index (χ1n) is 4.73. The standard InChI is InChI=1S/C8H14N4O3/c9-8-7(12(14)15)6-10-11(8)4-2-1-3-5-13/h6,13H,1-5,9H2. The van der Waals surface area contributed by atoms with E-state index in [4.69, 9.17) is 10.8 Å². The lowest BCUT2D eigenvalue weighted by atomic mass is 10.2. The van der Waals surface area contributed by atoms with Gasteiger partial charge in [-0.2, -0.15) is 5.10 Å². The number of nitrogen functional groups attached to an aromatic ring is 1. The highest BCUT2D eigenvalue weighted by atomic mass is 16.6. The number of nitro groups is 1. The van der Waals surface area contributed by atoms with Crippen molar-refractivity contribution in [3.05, 3.63) is 16.3 Å². The predicted octanol–water partition coefficient (Wildman–Crippen LogP) is 0.536. The Balaban J connectivity index is 2.51. The maximum Gasteiger partial charge on any atom is 0.330 e. The SMILES string of the molecule is Nc1c([N+](=O)[O-])cnn1CCCCCO. The number of aromatic nitrogens is 2. The zero-order valence-electron chi connectivity index (χ0n) is 8.30. The minimum atomic E-state index is -0.549. The molecule has 0 fully saturated rings. The van der Waals surface area contributed by atoms with Crippen molar-refractivity contribution in [1.82, 2.24) is 9.78 Å². The zero-order chi connectivity index (χ0) is 11.3. The van der Waals surface area contributed by atoms with Crippen LogP contribution in [-0.2, 0) is 6.54 Å². The highest BCUT2D eigenvalue weighted by Gasteiger charge is 2.16. The zero-order valence-corrected chi connectivity index (χ0v) is 8.30. The van der Waals surface area contributed by atoms with Crippen LogP contribution in [0, 0.1) is 10.1 Å². The number of nitrogens with two attached hydrogens (primary N) is 1. The van der Waals surface area contributed by atoms with Gasteiger partial charge in [0.1, 0.15) is 6.20 Å². The Kier molecular flexibility index (Phi) is 4.04. The molecule has 0 saturated heterocycles. The first-order valence-corrected chi connectivity index (χ1v) is 4.73. The van der Waals surface area contributed by atoms with Gasteiger partial charge in [-0.25, -0.2) is 4.68 Å².